The van der Waals surface area contributed by atoms with Gasteiger partial charge in [0.1, 0.15) is 5.82 Å². The van der Waals surface area contributed by atoms with Crippen LogP contribution in [0.25, 0.3) is 11.3 Å². The van der Waals surface area contributed by atoms with Gasteiger partial charge in [-0.1, -0.05) is 103 Å². The van der Waals surface area contributed by atoms with Crippen LogP contribution in [-0.4, -0.2) is 4.98 Å². The Morgan fingerprint density at radius 1 is 0.743 bits per heavy atom. The molecule has 0 saturated heterocycles. The highest BCUT2D eigenvalue weighted by Crippen LogP contribution is 2.38. The number of unbranched alkanes of at least 4 members (excludes halogenated alkanes) is 10. The van der Waals surface area contributed by atoms with Gasteiger partial charge in [0.15, 0.2) is 0 Å². The van der Waals surface area contributed by atoms with Gasteiger partial charge in [0, 0.05) is 11.8 Å². The number of nitrogens with zero attached hydrogens (tertiary/aromatic N) is 1. The molecule has 1 fully saturated rings. The van der Waals surface area contributed by atoms with Crippen LogP contribution in [0.2, 0.25) is 0 Å². The molecule has 0 unspecified atom stereocenters. The fraction of sp³-hybridized carbons (Fsp3) is 0.667. The van der Waals surface area contributed by atoms with Gasteiger partial charge in [-0.05, 0) is 79.7 Å². The SMILES string of the molecule is CCCCCCCCc1ccc(-c2ccc(C3CCC(CCCCCCCC)CC3)cn2)c(F)c1. The molecule has 2 heteroatoms. The van der Waals surface area contributed by atoms with Gasteiger partial charge in [0.2, 0.25) is 0 Å². The first-order valence-electron chi connectivity index (χ1n) is 15.0. The molecular weight excluding hydrogens is 429 g/mol. The van der Waals surface area contributed by atoms with Gasteiger partial charge in [-0.3, -0.25) is 4.98 Å². The molecule has 1 aliphatic rings. The lowest BCUT2D eigenvalue weighted by molar-refractivity contribution is 0.301. The number of halogens is 1. The summed E-state index contributed by atoms with van der Waals surface area (Å²) in [7, 11) is 0. The molecular formula is C33H50FN. The Bertz CT molecular complexity index is 819. The minimum Gasteiger partial charge on any atom is -0.256 e. The van der Waals surface area contributed by atoms with Crippen molar-refractivity contribution in [2.24, 2.45) is 5.92 Å². The standard InChI is InChI=1S/C33H50FN/c1-3-5-7-9-11-13-15-27-17-20-29(21-18-27)30-22-24-33(35-26-30)31-23-19-28(25-32(31)34)16-14-12-10-8-6-4-2/h19,22-27,29H,3-18,20-21H2,1-2H3. The molecule has 1 nitrogen and oxygen atoms in total. The van der Waals surface area contributed by atoms with E-state index in [0.717, 1.165) is 30.0 Å². The molecule has 1 aromatic carbocycles. The van der Waals surface area contributed by atoms with Crippen LogP contribution in [0.4, 0.5) is 4.39 Å². The molecule has 0 aliphatic heterocycles. The third-order valence-electron chi connectivity index (χ3n) is 8.20. The van der Waals surface area contributed by atoms with Gasteiger partial charge in [0.25, 0.3) is 0 Å². The van der Waals surface area contributed by atoms with E-state index < -0.39 is 0 Å². The van der Waals surface area contributed by atoms with E-state index in [2.05, 4.69) is 31.0 Å². The summed E-state index contributed by atoms with van der Waals surface area (Å²) in [6.07, 6.45) is 25.7. The molecule has 0 N–H and O–H groups in total. The summed E-state index contributed by atoms with van der Waals surface area (Å²) in [6, 6.07) is 9.97. The first-order chi connectivity index (χ1) is 17.2. The van der Waals surface area contributed by atoms with E-state index >= 15 is 0 Å². The summed E-state index contributed by atoms with van der Waals surface area (Å²) in [5.41, 5.74) is 3.84. The molecule has 35 heavy (non-hydrogen) atoms. The van der Waals surface area contributed by atoms with Crippen LogP contribution in [0.3, 0.4) is 0 Å². The van der Waals surface area contributed by atoms with Crippen LogP contribution < -0.4 is 0 Å². The number of benzene rings is 1. The summed E-state index contributed by atoms with van der Waals surface area (Å²) in [6.45, 7) is 4.53. The molecule has 1 aliphatic carbocycles. The third-order valence-corrected chi connectivity index (χ3v) is 8.20. The smallest absolute Gasteiger partial charge is 0.132 e. The number of hydrogen-bond acceptors (Lipinski definition) is 1. The molecule has 194 valence electrons. The molecule has 0 amide bonds. The Morgan fingerprint density at radius 2 is 1.40 bits per heavy atom. The van der Waals surface area contributed by atoms with Gasteiger partial charge >= 0.3 is 0 Å². The van der Waals surface area contributed by atoms with E-state index in [4.69, 9.17) is 0 Å². The first-order valence-corrected chi connectivity index (χ1v) is 15.0. The fourth-order valence-electron chi connectivity index (χ4n) is 5.84. The highest BCUT2D eigenvalue weighted by Gasteiger charge is 2.22. The highest BCUT2D eigenvalue weighted by atomic mass is 19.1. The summed E-state index contributed by atoms with van der Waals surface area (Å²) in [4.78, 5) is 4.68. The number of pyridine rings is 1. The van der Waals surface area contributed by atoms with Crippen molar-refractivity contribution in [2.45, 2.75) is 135 Å². The Kier molecular flexibility index (Phi) is 12.8. The summed E-state index contributed by atoms with van der Waals surface area (Å²) in [5, 5.41) is 0. The first kappa shape index (κ1) is 27.9. The van der Waals surface area contributed by atoms with Crippen molar-refractivity contribution in [1.29, 1.82) is 0 Å². The van der Waals surface area contributed by atoms with E-state index in [0.29, 0.717) is 11.5 Å². The maximum atomic E-state index is 14.9. The summed E-state index contributed by atoms with van der Waals surface area (Å²) in [5.74, 6) is 1.42. The van der Waals surface area contributed by atoms with Crippen LogP contribution in [0.15, 0.2) is 36.5 Å². The molecule has 0 radical (unpaired) electrons. The van der Waals surface area contributed by atoms with Crippen molar-refractivity contribution in [3.8, 4) is 11.3 Å². The number of aromatic nitrogens is 1. The van der Waals surface area contributed by atoms with Gasteiger partial charge in [-0.15, -0.1) is 0 Å². The lowest BCUT2D eigenvalue weighted by atomic mass is 9.77. The van der Waals surface area contributed by atoms with Gasteiger partial charge in [0.05, 0.1) is 5.69 Å². The molecule has 1 aromatic heterocycles. The van der Waals surface area contributed by atoms with Crippen molar-refractivity contribution < 1.29 is 4.39 Å². The van der Waals surface area contributed by atoms with Crippen LogP contribution >= 0.6 is 0 Å². The monoisotopic (exact) mass is 479 g/mol. The van der Waals surface area contributed by atoms with E-state index in [1.807, 2.05) is 18.3 Å². The van der Waals surface area contributed by atoms with Crippen molar-refractivity contribution >= 4 is 0 Å². The second-order valence-corrected chi connectivity index (χ2v) is 11.1. The molecule has 1 heterocycles. The lowest BCUT2D eigenvalue weighted by Gasteiger charge is -2.28. The fourth-order valence-corrected chi connectivity index (χ4v) is 5.84. The largest absolute Gasteiger partial charge is 0.256 e. The van der Waals surface area contributed by atoms with Gasteiger partial charge in [-0.25, -0.2) is 4.39 Å². The average molecular weight is 480 g/mol. The molecule has 1 saturated carbocycles. The molecule has 3 rings (SSSR count). The minimum absolute atomic E-state index is 0.135. The van der Waals surface area contributed by atoms with Crippen molar-refractivity contribution in [3.05, 3.63) is 53.5 Å². The van der Waals surface area contributed by atoms with Crippen LogP contribution in [0.1, 0.15) is 140 Å². The maximum absolute atomic E-state index is 14.9. The van der Waals surface area contributed by atoms with Gasteiger partial charge in [-0.2, -0.15) is 0 Å². The van der Waals surface area contributed by atoms with E-state index in [1.165, 1.54) is 108 Å². The van der Waals surface area contributed by atoms with E-state index in [9.17, 15) is 4.39 Å². The zero-order chi connectivity index (χ0) is 24.7. The quantitative estimate of drug-likeness (QED) is 0.218. The second-order valence-electron chi connectivity index (χ2n) is 11.1. The molecule has 0 spiro atoms. The predicted octanol–water partition coefficient (Wildman–Crippen LogP) is 10.8. The highest BCUT2D eigenvalue weighted by molar-refractivity contribution is 5.60. The summed E-state index contributed by atoms with van der Waals surface area (Å²) >= 11 is 0. The van der Waals surface area contributed by atoms with Crippen molar-refractivity contribution in [2.75, 3.05) is 0 Å². The Balaban J connectivity index is 1.42. The van der Waals surface area contributed by atoms with E-state index in [-0.39, 0.29) is 5.82 Å². The Hall–Kier alpha value is -1.70. The average Bonchev–Trinajstić information content (AvgIpc) is 2.89. The maximum Gasteiger partial charge on any atom is 0.132 e. The van der Waals surface area contributed by atoms with Crippen LogP contribution in [0, 0.1) is 11.7 Å². The number of rotatable bonds is 16. The van der Waals surface area contributed by atoms with Crippen LogP contribution in [0.5, 0.6) is 0 Å². The Labute approximate surface area is 215 Å². The molecule has 0 bridgehead atoms. The van der Waals surface area contributed by atoms with E-state index in [1.54, 1.807) is 6.07 Å². The molecule has 2 aromatic rings. The zero-order valence-corrected chi connectivity index (χ0v) is 22.7. The van der Waals surface area contributed by atoms with Crippen molar-refractivity contribution in [1.82, 2.24) is 4.98 Å². The topological polar surface area (TPSA) is 12.9 Å². The van der Waals surface area contributed by atoms with Crippen molar-refractivity contribution in [3.63, 3.8) is 0 Å². The lowest BCUT2D eigenvalue weighted by Crippen LogP contribution is -2.13. The second kappa shape index (κ2) is 16.1. The third kappa shape index (κ3) is 9.70. The zero-order valence-electron chi connectivity index (χ0n) is 22.7. The number of hydrogen-bond donors (Lipinski definition) is 0. The number of aryl methyl sites for hydroxylation is 1. The molecule has 0 atom stereocenters. The van der Waals surface area contributed by atoms with Crippen LogP contribution in [-0.2, 0) is 6.42 Å². The predicted molar refractivity (Wildman–Crippen MR) is 149 cm³/mol. The Morgan fingerprint density at radius 3 is 2.03 bits per heavy atom. The normalized spacial score (nSPS) is 18.1. The van der Waals surface area contributed by atoms with Gasteiger partial charge < -0.3 is 0 Å². The summed E-state index contributed by atoms with van der Waals surface area (Å²) < 4.78 is 14.9. The minimum atomic E-state index is -0.135.